The molecule has 0 saturated heterocycles. The fourth-order valence-electron chi connectivity index (χ4n) is 3.58. The van der Waals surface area contributed by atoms with Crippen LogP contribution in [0.15, 0.2) is 50.1 Å². The van der Waals surface area contributed by atoms with E-state index in [1.54, 1.807) is 44.5 Å². The van der Waals surface area contributed by atoms with Crippen molar-refractivity contribution in [1.82, 2.24) is 4.90 Å². The minimum Gasteiger partial charge on any atom is -0.493 e. The highest BCUT2D eigenvalue weighted by atomic mass is 79.9. The van der Waals surface area contributed by atoms with Crippen molar-refractivity contribution in [3.63, 3.8) is 0 Å². The lowest BCUT2D eigenvalue weighted by Crippen LogP contribution is -2.25. The van der Waals surface area contributed by atoms with Crippen molar-refractivity contribution in [2.45, 2.75) is 13.0 Å². The maximum absolute atomic E-state index is 13.3. The molecule has 1 atom stereocenters. The number of carbonyl (C=O) groups excluding carboxylic acids is 1. The van der Waals surface area contributed by atoms with Gasteiger partial charge in [-0.2, -0.15) is 0 Å². The van der Waals surface area contributed by atoms with Gasteiger partial charge < -0.3 is 18.8 Å². The summed E-state index contributed by atoms with van der Waals surface area (Å²) >= 11 is 3.38. The third-order valence-electron chi connectivity index (χ3n) is 4.87. The van der Waals surface area contributed by atoms with E-state index in [2.05, 4.69) is 15.9 Å². The minimum atomic E-state index is -0.563. The van der Waals surface area contributed by atoms with Gasteiger partial charge in [0.15, 0.2) is 16.9 Å². The lowest BCUT2D eigenvalue weighted by atomic mass is 9.98. The molecule has 4 rings (SSSR count). The Hall–Kier alpha value is -2.80. The number of hydrogen-bond donors (Lipinski definition) is 0. The molecule has 1 amide bonds. The molecule has 0 saturated carbocycles. The van der Waals surface area contributed by atoms with E-state index in [4.69, 9.17) is 13.9 Å². The zero-order valence-electron chi connectivity index (χ0n) is 15.6. The van der Waals surface area contributed by atoms with E-state index in [0.717, 1.165) is 10.0 Å². The quantitative estimate of drug-likeness (QED) is 0.605. The summed E-state index contributed by atoms with van der Waals surface area (Å²) in [6, 6.07) is 10.0. The van der Waals surface area contributed by atoms with E-state index in [-0.39, 0.29) is 17.1 Å². The van der Waals surface area contributed by atoms with Gasteiger partial charge in [0.2, 0.25) is 5.76 Å². The zero-order valence-corrected chi connectivity index (χ0v) is 17.2. The van der Waals surface area contributed by atoms with Crippen LogP contribution in [-0.4, -0.2) is 31.6 Å². The third-order valence-corrected chi connectivity index (χ3v) is 5.36. The molecule has 0 fully saturated rings. The van der Waals surface area contributed by atoms with Gasteiger partial charge in [-0.1, -0.05) is 22.0 Å². The first-order valence-corrected chi connectivity index (χ1v) is 9.59. The van der Waals surface area contributed by atoms with Crippen LogP contribution in [0.1, 0.15) is 34.6 Å². The molecule has 28 heavy (non-hydrogen) atoms. The van der Waals surface area contributed by atoms with Gasteiger partial charge in [0.1, 0.15) is 5.58 Å². The second-order valence-corrected chi connectivity index (χ2v) is 7.39. The lowest BCUT2D eigenvalue weighted by molar-refractivity contribution is 0.0771. The smallest absolute Gasteiger partial charge is 0.290 e. The highest BCUT2D eigenvalue weighted by molar-refractivity contribution is 9.10. The predicted molar refractivity (Wildman–Crippen MR) is 108 cm³/mol. The topological polar surface area (TPSA) is 69.0 Å². The summed E-state index contributed by atoms with van der Waals surface area (Å²) in [5, 5.41) is 0.430. The normalized spacial score (nSPS) is 15.8. The minimum absolute atomic E-state index is 0.0835. The van der Waals surface area contributed by atoms with Crippen LogP contribution >= 0.6 is 15.9 Å². The fraction of sp³-hybridized carbons (Fsp3) is 0.238. The van der Waals surface area contributed by atoms with E-state index in [0.29, 0.717) is 34.6 Å². The molecule has 2 aromatic carbocycles. The molecule has 7 heteroatoms. The molecule has 0 radical (unpaired) electrons. The van der Waals surface area contributed by atoms with Crippen molar-refractivity contribution in [2.75, 3.05) is 20.8 Å². The van der Waals surface area contributed by atoms with Gasteiger partial charge in [-0.15, -0.1) is 0 Å². The average Bonchev–Trinajstić information content (AvgIpc) is 2.94. The highest BCUT2D eigenvalue weighted by Crippen LogP contribution is 2.40. The standard InChI is InChI=1S/C21H18BrNO5/c1-4-27-15-7-5-11(9-16(15)26-3)18-17-19(24)13-10-12(22)6-8-14(13)28-20(17)21(25)23(18)2/h5-10,18H,4H2,1-3H3. The number of halogens is 1. The van der Waals surface area contributed by atoms with Crippen LogP contribution in [0.3, 0.4) is 0 Å². The monoisotopic (exact) mass is 443 g/mol. The van der Waals surface area contributed by atoms with Crippen LogP contribution in [0.25, 0.3) is 11.0 Å². The SMILES string of the molecule is CCOc1ccc(C2c3c(oc4ccc(Br)cc4c3=O)C(=O)N2C)cc1OC. The van der Waals surface area contributed by atoms with Crippen molar-refractivity contribution < 1.29 is 18.7 Å². The Balaban J connectivity index is 1.94. The van der Waals surface area contributed by atoms with E-state index in [1.165, 1.54) is 4.90 Å². The van der Waals surface area contributed by atoms with Crippen molar-refractivity contribution in [3.8, 4) is 11.5 Å². The number of hydrogen-bond acceptors (Lipinski definition) is 5. The fourth-order valence-corrected chi connectivity index (χ4v) is 3.94. The molecular formula is C21H18BrNO5. The Morgan fingerprint density at radius 3 is 2.64 bits per heavy atom. The zero-order chi connectivity index (χ0) is 20.0. The molecular weight excluding hydrogens is 426 g/mol. The second-order valence-electron chi connectivity index (χ2n) is 6.48. The first kappa shape index (κ1) is 18.6. The van der Waals surface area contributed by atoms with Crippen molar-refractivity contribution in [3.05, 3.63) is 68.0 Å². The van der Waals surface area contributed by atoms with E-state index in [9.17, 15) is 9.59 Å². The van der Waals surface area contributed by atoms with Gasteiger partial charge in [-0.3, -0.25) is 9.59 Å². The maximum Gasteiger partial charge on any atom is 0.290 e. The van der Waals surface area contributed by atoms with Gasteiger partial charge in [0.05, 0.1) is 30.7 Å². The number of carbonyl (C=O) groups is 1. The predicted octanol–water partition coefficient (Wildman–Crippen LogP) is 4.14. The summed E-state index contributed by atoms with van der Waals surface area (Å²) in [5.41, 5.74) is 1.26. The average molecular weight is 444 g/mol. The van der Waals surface area contributed by atoms with Gasteiger partial charge in [0, 0.05) is 11.5 Å². The Labute approximate surface area is 169 Å². The number of methoxy groups -OCH3 is 1. The van der Waals surface area contributed by atoms with Crippen LogP contribution in [0.2, 0.25) is 0 Å². The first-order chi connectivity index (χ1) is 13.5. The molecule has 1 aliphatic rings. The number of ether oxygens (including phenoxy) is 2. The summed E-state index contributed by atoms with van der Waals surface area (Å²) in [5.74, 6) is 0.909. The summed E-state index contributed by atoms with van der Waals surface area (Å²) in [6.45, 7) is 2.40. The Kier molecular flexibility index (Phi) is 4.63. The molecule has 6 nitrogen and oxygen atoms in total. The molecule has 2 heterocycles. The molecule has 0 bridgehead atoms. The van der Waals surface area contributed by atoms with E-state index >= 15 is 0 Å². The van der Waals surface area contributed by atoms with Crippen molar-refractivity contribution >= 4 is 32.8 Å². The van der Waals surface area contributed by atoms with Crippen molar-refractivity contribution in [2.24, 2.45) is 0 Å². The highest BCUT2D eigenvalue weighted by Gasteiger charge is 2.41. The molecule has 0 N–H and O–H groups in total. The van der Waals surface area contributed by atoms with Gasteiger partial charge in [0.25, 0.3) is 5.91 Å². The van der Waals surface area contributed by atoms with Crippen molar-refractivity contribution in [1.29, 1.82) is 0 Å². The molecule has 1 unspecified atom stereocenters. The van der Waals surface area contributed by atoms with Crippen LogP contribution in [0.4, 0.5) is 0 Å². The van der Waals surface area contributed by atoms with E-state index < -0.39 is 6.04 Å². The molecule has 0 aliphatic carbocycles. The van der Waals surface area contributed by atoms with Gasteiger partial charge >= 0.3 is 0 Å². The van der Waals surface area contributed by atoms with Gasteiger partial charge in [-0.25, -0.2) is 0 Å². The second kappa shape index (κ2) is 6.98. The van der Waals surface area contributed by atoms with Crippen LogP contribution in [0, 0.1) is 0 Å². The largest absolute Gasteiger partial charge is 0.493 e. The molecule has 0 spiro atoms. The lowest BCUT2D eigenvalue weighted by Gasteiger charge is -2.21. The number of rotatable bonds is 4. The summed E-state index contributed by atoms with van der Waals surface area (Å²) in [7, 11) is 3.21. The van der Waals surface area contributed by atoms with E-state index in [1.807, 2.05) is 13.0 Å². The number of nitrogens with zero attached hydrogens (tertiary/aromatic N) is 1. The molecule has 3 aromatic rings. The van der Waals surface area contributed by atoms with Crippen LogP contribution in [0.5, 0.6) is 11.5 Å². The maximum atomic E-state index is 13.3. The summed E-state index contributed by atoms with van der Waals surface area (Å²) < 4.78 is 17.6. The summed E-state index contributed by atoms with van der Waals surface area (Å²) in [4.78, 5) is 27.6. The third kappa shape index (κ3) is 2.77. The first-order valence-electron chi connectivity index (χ1n) is 8.80. The van der Waals surface area contributed by atoms with Crippen LogP contribution in [-0.2, 0) is 0 Å². The van der Waals surface area contributed by atoms with Crippen LogP contribution < -0.4 is 14.9 Å². The Bertz CT molecular complexity index is 1150. The Morgan fingerprint density at radius 2 is 1.93 bits per heavy atom. The number of fused-ring (bicyclic) bond motifs is 2. The number of amides is 1. The Morgan fingerprint density at radius 1 is 1.14 bits per heavy atom. The molecule has 1 aromatic heterocycles. The molecule has 144 valence electrons. The number of benzene rings is 2. The van der Waals surface area contributed by atoms with Gasteiger partial charge in [-0.05, 0) is 42.8 Å². The molecule has 1 aliphatic heterocycles. The summed E-state index contributed by atoms with van der Waals surface area (Å²) in [6.07, 6.45) is 0.